The van der Waals surface area contributed by atoms with E-state index in [1.165, 1.54) is 12.0 Å². The molecule has 0 fully saturated rings. The number of halogens is 1. The summed E-state index contributed by atoms with van der Waals surface area (Å²) < 4.78 is 4.56. The number of nitrogens with zero attached hydrogens (tertiary/aromatic N) is 1. The molecule has 0 aromatic heterocycles. The minimum absolute atomic E-state index is 0.148. The zero-order valence-electron chi connectivity index (χ0n) is 9.63. The average molecular weight is 273 g/mol. The molecule has 6 nitrogen and oxygen atoms in total. The second-order valence-electron chi connectivity index (χ2n) is 3.85. The Labute approximate surface area is 109 Å². The molecule has 1 heterocycles. The van der Waals surface area contributed by atoms with Gasteiger partial charge in [0.1, 0.15) is 12.8 Å². The largest absolute Gasteiger partial charge is 0.468 e. The maximum Gasteiger partial charge on any atom is 0.325 e. The predicted octanol–water partition coefficient (Wildman–Crippen LogP) is 0.189. The molecule has 1 aromatic carbocycles. The number of benzene rings is 1. The second kappa shape index (κ2) is 5.11. The van der Waals surface area contributed by atoms with Crippen LogP contribution in [0.15, 0.2) is 18.2 Å². The van der Waals surface area contributed by atoms with Gasteiger partial charge in [-0.2, -0.15) is 0 Å². The van der Waals surface area contributed by atoms with Crippen molar-refractivity contribution in [3.8, 4) is 0 Å². The fourth-order valence-electron chi connectivity index (χ4n) is 1.82. The topological polar surface area (TPSA) is 82.0 Å². The van der Waals surface area contributed by atoms with E-state index in [1.54, 1.807) is 18.2 Å². The van der Waals surface area contributed by atoms with Gasteiger partial charge in [-0.05, 0) is 12.1 Å². The Bertz CT molecular complexity index is 468. The van der Waals surface area contributed by atoms with E-state index in [9.17, 15) is 15.0 Å². The molecule has 0 bridgehead atoms. The van der Waals surface area contributed by atoms with Gasteiger partial charge in [0, 0.05) is 16.3 Å². The van der Waals surface area contributed by atoms with Gasteiger partial charge in [-0.3, -0.25) is 4.79 Å². The van der Waals surface area contributed by atoms with Crippen molar-refractivity contribution in [1.82, 2.24) is 5.32 Å². The fourth-order valence-corrected chi connectivity index (χ4v) is 1.99. The van der Waals surface area contributed by atoms with Crippen LogP contribution in [0.3, 0.4) is 0 Å². The number of carbonyl (C=O) groups excluding carboxylic acids is 1. The fraction of sp³-hybridized carbons (Fsp3) is 0.364. The van der Waals surface area contributed by atoms with E-state index in [4.69, 9.17) is 11.6 Å². The lowest BCUT2D eigenvalue weighted by Gasteiger charge is -2.37. The third-order valence-electron chi connectivity index (χ3n) is 2.73. The van der Waals surface area contributed by atoms with Crippen molar-refractivity contribution < 1.29 is 19.7 Å². The lowest BCUT2D eigenvalue weighted by atomic mass is 10.1. The number of aliphatic hydroxyl groups excluding tert-OH is 2. The monoisotopic (exact) mass is 272 g/mol. The SMILES string of the molecule is COC(=O)CN1c2cc(Cl)ccc2C(O)NC1O. The van der Waals surface area contributed by atoms with E-state index in [0.717, 1.165) is 0 Å². The van der Waals surface area contributed by atoms with Crippen molar-refractivity contribution in [1.29, 1.82) is 0 Å². The summed E-state index contributed by atoms with van der Waals surface area (Å²) >= 11 is 5.88. The number of nitrogens with one attached hydrogen (secondary N) is 1. The number of carbonyl (C=O) groups is 1. The molecule has 0 saturated heterocycles. The summed E-state index contributed by atoms with van der Waals surface area (Å²) in [5, 5.41) is 22.6. The summed E-state index contributed by atoms with van der Waals surface area (Å²) in [4.78, 5) is 12.7. The molecular formula is C11H13ClN2O4. The van der Waals surface area contributed by atoms with Crippen LogP contribution in [0.25, 0.3) is 0 Å². The molecule has 7 heteroatoms. The zero-order chi connectivity index (χ0) is 13.3. The van der Waals surface area contributed by atoms with Crippen LogP contribution in [0.1, 0.15) is 11.8 Å². The van der Waals surface area contributed by atoms with E-state index in [-0.39, 0.29) is 6.54 Å². The minimum Gasteiger partial charge on any atom is -0.468 e. The Balaban J connectivity index is 2.38. The van der Waals surface area contributed by atoms with Gasteiger partial charge >= 0.3 is 5.97 Å². The summed E-state index contributed by atoms with van der Waals surface area (Å²) in [6.45, 7) is -0.148. The molecule has 0 saturated carbocycles. The van der Waals surface area contributed by atoms with Gasteiger partial charge in [0.2, 0.25) is 0 Å². The van der Waals surface area contributed by atoms with Gasteiger partial charge in [-0.15, -0.1) is 0 Å². The highest BCUT2D eigenvalue weighted by atomic mass is 35.5. The molecule has 0 radical (unpaired) electrons. The summed E-state index contributed by atoms with van der Waals surface area (Å²) in [6, 6.07) is 4.83. The number of fused-ring (bicyclic) bond motifs is 1. The number of ether oxygens (including phenoxy) is 1. The highest BCUT2D eigenvalue weighted by Gasteiger charge is 2.31. The van der Waals surface area contributed by atoms with Crippen LogP contribution >= 0.6 is 11.6 Å². The third-order valence-corrected chi connectivity index (χ3v) is 2.96. The van der Waals surface area contributed by atoms with Gasteiger partial charge in [0.05, 0.1) is 7.11 Å². The number of hydrogen-bond acceptors (Lipinski definition) is 6. The van der Waals surface area contributed by atoms with Gasteiger partial charge in [-0.1, -0.05) is 17.7 Å². The Morgan fingerprint density at radius 2 is 2.28 bits per heavy atom. The standard InChI is InChI=1S/C11H13ClN2O4/c1-18-9(15)5-14-8-4-6(12)2-3-7(8)10(16)13-11(14)17/h2-4,10-11,13,16-17H,5H2,1H3. The van der Waals surface area contributed by atoms with E-state index in [1.807, 2.05) is 0 Å². The molecule has 3 N–H and O–H groups in total. The molecule has 0 spiro atoms. The van der Waals surface area contributed by atoms with E-state index in [0.29, 0.717) is 16.3 Å². The Morgan fingerprint density at radius 1 is 1.56 bits per heavy atom. The highest BCUT2D eigenvalue weighted by Crippen LogP contribution is 2.33. The van der Waals surface area contributed by atoms with E-state index >= 15 is 0 Å². The molecule has 2 rings (SSSR count). The molecule has 0 aliphatic carbocycles. The molecule has 0 amide bonds. The predicted molar refractivity (Wildman–Crippen MR) is 64.9 cm³/mol. The lowest BCUT2D eigenvalue weighted by molar-refractivity contribution is -0.139. The van der Waals surface area contributed by atoms with Crippen LogP contribution in [0.2, 0.25) is 5.02 Å². The molecule has 1 aromatic rings. The van der Waals surface area contributed by atoms with Crippen molar-refractivity contribution in [2.24, 2.45) is 0 Å². The molecule has 1 aliphatic heterocycles. The first-order valence-electron chi connectivity index (χ1n) is 5.28. The summed E-state index contributed by atoms with van der Waals surface area (Å²) in [5.41, 5.74) is 1.03. The molecule has 98 valence electrons. The maximum atomic E-state index is 11.3. The van der Waals surface area contributed by atoms with Crippen molar-refractivity contribution in [3.63, 3.8) is 0 Å². The van der Waals surface area contributed by atoms with Crippen LogP contribution in [-0.2, 0) is 9.53 Å². The number of aliphatic hydroxyl groups is 2. The van der Waals surface area contributed by atoms with Crippen molar-refractivity contribution in [3.05, 3.63) is 28.8 Å². The van der Waals surface area contributed by atoms with Crippen molar-refractivity contribution in [2.75, 3.05) is 18.6 Å². The molecule has 2 atom stereocenters. The molecule has 2 unspecified atom stereocenters. The van der Waals surface area contributed by atoms with Gasteiger partial charge < -0.3 is 19.8 Å². The Hall–Kier alpha value is -1.34. The summed E-state index contributed by atoms with van der Waals surface area (Å²) in [6.07, 6.45) is -2.20. The van der Waals surface area contributed by atoms with Crippen LogP contribution < -0.4 is 10.2 Å². The van der Waals surface area contributed by atoms with Gasteiger partial charge in [0.15, 0.2) is 6.35 Å². The quantitative estimate of drug-likeness (QED) is 0.667. The van der Waals surface area contributed by atoms with Crippen LogP contribution in [0.4, 0.5) is 5.69 Å². The average Bonchev–Trinajstić information content (AvgIpc) is 2.33. The normalized spacial score (nSPS) is 22.6. The number of esters is 1. The second-order valence-corrected chi connectivity index (χ2v) is 4.29. The first-order chi connectivity index (χ1) is 8.52. The van der Waals surface area contributed by atoms with E-state index < -0.39 is 18.5 Å². The summed E-state index contributed by atoms with van der Waals surface area (Å²) in [5.74, 6) is -0.502. The first kappa shape index (κ1) is 13.1. The Morgan fingerprint density at radius 3 is 2.94 bits per heavy atom. The van der Waals surface area contributed by atoms with Crippen LogP contribution in [-0.4, -0.2) is 36.2 Å². The molecule has 1 aliphatic rings. The van der Waals surface area contributed by atoms with Crippen LogP contribution in [0, 0.1) is 0 Å². The van der Waals surface area contributed by atoms with Gasteiger partial charge in [-0.25, -0.2) is 5.32 Å². The van der Waals surface area contributed by atoms with Crippen molar-refractivity contribution >= 4 is 23.3 Å². The first-order valence-corrected chi connectivity index (χ1v) is 5.66. The zero-order valence-corrected chi connectivity index (χ0v) is 10.4. The van der Waals surface area contributed by atoms with E-state index in [2.05, 4.69) is 10.1 Å². The number of hydrogen-bond donors (Lipinski definition) is 3. The smallest absolute Gasteiger partial charge is 0.325 e. The number of anilines is 1. The van der Waals surface area contributed by atoms with Gasteiger partial charge in [0.25, 0.3) is 0 Å². The van der Waals surface area contributed by atoms with Crippen molar-refractivity contribution in [2.45, 2.75) is 12.6 Å². The number of methoxy groups -OCH3 is 1. The molecular weight excluding hydrogens is 260 g/mol. The molecule has 18 heavy (non-hydrogen) atoms. The maximum absolute atomic E-state index is 11.3. The highest BCUT2D eigenvalue weighted by molar-refractivity contribution is 6.30. The lowest BCUT2D eigenvalue weighted by Crippen LogP contribution is -2.53. The minimum atomic E-state index is -1.19. The third kappa shape index (κ3) is 2.41. The van der Waals surface area contributed by atoms with Crippen LogP contribution in [0.5, 0.6) is 0 Å². The Kier molecular flexibility index (Phi) is 3.72. The summed E-state index contributed by atoms with van der Waals surface area (Å²) in [7, 11) is 1.26. The number of rotatable bonds is 2.